The molecule has 0 aliphatic carbocycles. The number of aliphatic hydroxyl groups is 1. The number of rotatable bonds is 15. The lowest BCUT2D eigenvalue weighted by Crippen LogP contribution is -2.62. The number of nitrogens with zero attached hydrogens (tertiary/aromatic N) is 2. The average Bonchev–Trinajstić information content (AvgIpc) is 3.67. The molecule has 17 nitrogen and oxygen atoms in total. The highest BCUT2D eigenvalue weighted by Crippen LogP contribution is 2.48. The highest BCUT2D eigenvalue weighted by atomic mass is 32.1. The first-order valence-corrected chi connectivity index (χ1v) is 24.2. The van der Waals surface area contributed by atoms with Crippen molar-refractivity contribution in [2.24, 2.45) is 0 Å². The molecule has 8 rings (SSSR count). The van der Waals surface area contributed by atoms with Crippen LogP contribution in [0.2, 0.25) is 0 Å². The molecule has 3 N–H and O–H groups in total. The first-order valence-electron chi connectivity index (χ1n) is 23.8. The van der Waals surface area contributed by atoms with Gasteiger partial charge in [-0.05, 0) is 53.8 Å². The predicted octanol–water partition coefficient (Wildman–Crippen LogP) is 5.80. The molecule has 376 valence electrons. The fourth-order valence-electron chi connectivity index (χ4n) is 10.2. The summed E-state index contributed by atoms with van der Waals surface area (Å²) in [4.78, 5) is 67.5. The number of hydrogen-bond acceptors (Lipinski definition) is 16. The number of thiocarbonyl (C=S) groups is 1. The number of aliphatic hydroxyl groups excluding tert-OH is 1. The Morgan fingerprint density at radius 1 is 0.718 bits per heavy atom. The SMILES string of the molecule is CC(=O)OCC1OC(CC(=S)Nc2cccc(C3OC(CN4CCC5(CC4)C(=O)NCN5c4ccccc4)C(c4ccccc4)C(c4ccc(CO)cc4)O3)c2)C(OC(C)=O)C(OC(C)=O)C1OC(C)=O. The maximum atomic E-state index is 13.6. The van der Waals surface area contributed by atoms with Crippen LogP contribution in [-0.2, 0) is 63.7 Å². The Labute approximate surface area is 418 Å². The van der Waals surface area contributed by atoms with E-state index in [-0.39, 0.29) is 36.4 Å². The number of carbonyl (C=O) groups is 5. The first kappa shape index (κ1) is 51.1. The second-order valence-corrected chi connectivity index (χ2v) is 18.8. The fraction of sp³-hybridized carbons (Fsp3) is 0.434. The minimum atomic E-state index is -1.33. The average molecular weight is 993 g/mol. The van der Waals surface area contributed by atoms with Crippen molar-refractivity contribution in [3.8, 4) is 0 Å². The lowest BCUT2D eigenvalue weighted by Gasteiger charge is -2.47. The molecule has 4 aliphatic rings. The zero-order chi connectivity index (χ0) is 50.2. The summed E-state index contributed by atoms with van der Waals surface area (Å²) >= 11 is 5.89. The van der Waals surface area contributed by atoms with E-state index in [9.17, 15) is 29.1 Å². The van der Waals surface area contributed by atoms with Crippen LogP contribution in [0, 0.1) is 0 Å². The molecule has 4 aromatic rings. The van der Waals surface area contributed by atoms with Crippen molar-refractivity contribution in [3.05, 3.63) is 131 Å². The zero-order valence-electron chi connectivity index (χ0n) is 40.1. The minimum Gasteiger partial charge on any atom is -0.463 e. The van der Waals surface area contributed by atoms with Gasteiger partial charge in [0.1, 0.15) is 24.4 Å². The summed E-state index contributed by atoms with van der Waals surface area (Å²) in [6, 6.07) is 35.4. The quantitative estimate of drug-likeness (QED) is 0.0732. The minimum absolute atomic E-state index is 0.0444. The molecule has 0 aromatic heterocycles. The van der Waals surface area contributed by atoms with Crippen molar-refractivity contribution in [2.75, 3.05) is 43.1 Å². The zero-order valence-corrected chi connectivity index (χ0v) is 40.9. The monoisotopic (exact) mass is 992 g/mol. The number of ether oxygens (including phenoxy) is 7. The van der Waals surface area contributed by atoms with Crippen LogP contribution in [-0.4, -0.2) is 120 Å². The Morgan fingerprint density at radius 3 is 1.97 bits per heavy atom. The molecule has 4 saturated heterocycles. The van der Waals surface area contributed by atoms with E-state index in [1.807, 2.05) is 97.1 Å². The van der Waals surface area contributed by atoms with Gasteiger partial charge >= 0.3 is 23.9 Å². The Kier molecular flexibility index (Phi) is 16.4. The first-order chi connectivity index (χ1) is 34.2. The summed E-state index contributed by atoms with van der Waals surface area (Å²) < 4.78 is 42.5. The van der Waals surface area contributed by atoms with Crippen molar-refractivity contribution in [2.45, 2.75) is 114 Å². The lowest BCUT2D eigenvalue weighted by atomic mass is 9.82. The topological polar surface area (TPSA) is 201 Å². The summed E-state index contributed by atoms with van der Waals surface area (Å²) in [6.07, 6.45) is -6.60. The van der Waals surface area contributed by atoms with E-state index in [0.29, 0.717) is 50.4 Å². The molecule has 4 heterocycles. The van der Waals surface area contributed by atoms with Gasteiger partial charge < -0.3 is 58.7 Å². The van der Waals surface area contributed by atoms with Crippen molar-refractivity contribution in [1.29, 1.82) is 0 Å². The van der Waals surface area contributed by atoms with Gasteiger partial charge in [0, 0.05) is 76.6 Å². The number of likely N-dealkylation sites (tertiary alicyclic amines) is 1. The number of carbonyl (C=O) groups excluding carboxylic acids is 5. The van der Waals surface area contributed by atoms with Crippen molar-refractivity contribution in [3.63, 3.8) is 0 Å². The molecular weight excluding hydrogens is 933 g/mol. The van der Waals surface area contributed by atoms with Crippen LogP contribution >= 0.6 is 12.2 Å². The number of anilines is 2. The van der Waals surface area contributed by atoms with Gasteiger partial charge in [0.25, 0.3) is 0 Å². The molecule has 1 spiro atoms. The van der Waals surface area contributed by atoms with Crippen molar-refractivity contribution >= 4 is 58.4 Å². The van der Waals surface area contributed by atoms with E-state index < -0.39 is 78.4 Å². The number of piperidine rings is 1. The van der Waals surface area contributed by atoms with Crippen LogP contribution < -0.4 is 15.5 Å². The molecule has 9 atom stereocenters. The van der Waals surface area contributed by atoms with Gasteiger partial charge in [-0.25, -0.2) is 0 Å². The Bertz CT molecular complexity index is 2530. The third kappa shape index (κ3) is 12.1. The summed E-state index contributed by atoms with van der Waals surface area (Å²) in [5.41, 5.74) is 4.33. The van der Waals surface area contributed by atoms with Gasteiger partial charge in [-0.1, -0.05) is 97.1 Å². The predicted molar refractivity (Wildman–Crippen MR) is 263 cm³/mol. The molecule has 18 heteroatoms. The summed E-state index contributed by atoms with van der Waals surface area (Å²) in [7, 11) is 0. The number of hydrogen-bond donors (Lipinski definition) is 3. The number of nitrogens with one attached hydrogen (secondary N) is 2. The molecule has 0 radical (unpaired) electrons. The van der Waals surface area contributed by atoms with Crippen LogP contribution in [0.15, 0.2) is 109 Å². The van der Waals surface area contributed by atoms with E-state index in [2.05, 4.69) is 32.6 Å². The molecular formula is C53H60N4O13S. The van der Waals surface area contributed by atoms with Crippen LogP contribution in [0.4, 0.5) is 11.4 Å². The largest absolute Gasteiger partial charge is 0.463 e. The van der Waals surface area contributed by atoms with E-state index in [0.717, 1.165) is 29.3 Å². The fourth-order valence-corrected chi connectivity index (χ4v) is 10.5. The van der Waals surface area contributed by atoms with Gasteiger partial charge in [0.2, 0.25) is 5.91 Å². The highest BCUT2D eigenvalue weighted by molar-refractivity contribution is 7.80. The van der Waals surface area contributed by atoms with Crippen LogP contribution in [0.1, 0.15) is 87.5 Å². The Morgan fingerprint density at radius 2 is 1.34 bits per heavy atom. The van der Waals surface area contributed by atoms with E-state index in [4.69, 9.17) is 45.4 Å². The third-order valence-electron chi connectivity index (χ3n) is 13.4. The number of esters is 4. The van der Waals surface area contributed by atoms with Crippen molar-refractivity contribution in [1.82, 2.24) is 10.2 Å². The van der Waals surface area contributed by atoms with E-state index >= 15 is 0 Å². The summed E-state index contributed by atoms with van der Waals surface area (Å²) in [5.74, 6) is -3.01. The lowest BCUT2D eigenvalue weighted by molar-refractivity contribution is -0.264. The number of para-hydroxylation sites is 1. The Balaban J connectivity index is 1.05. The number of benzene rings is 4. The van der Waals surface area contributed by atoms with Gasteiger partial charge in [0.15, 0.2) is 24.6 Å². The second-order valence-electron chi connectivity index (χ2n) is 18.3. The van der Waals surface area contributed by atoms with E-state index in [1.54, 1.807) is 0 Å². The molecule has 4 aromatic carbocycles. The highest BCUT2D eigenvalue weighted by Gasteiger charge is 2.53. The van der Waals surface area contributed by atoms with Gasteiger partial charge in [-0.3, -0.25) is 24.0 Å². The molecule has 1 amide bonds. The number of amides is 1. The standard InChI is InChI=1S/C53H60N4O13S/c1-32(59)64-30-44-49(66-34(3)61)50(67-35(4)62)48(65-33(2)60)42(68-44)27-45(71)55-40-15-11-14-39(26-40)51-69-43(46(37-12-7-5-8-13-37)47(70-51)38-20-18-36(29-58)19-21-38)28-56-24-22-53(23-25-56)52(63)54-31-57(53)41-16-9-6-10-17-41/h5-21,26,42-44,46-51,58H,22-25,27-31H2,1-4H3,(H,54,63)(H,55,71). The van der Waals surface area contributed by atoms with Crippen molar-refractivity contribution < 1.29 is 62.2 Å². The van der Waals surface area contributed by atoms with Crippen LogP contribution in [0.5, 0.6) is 0 Å². The van der Waals surface area contributed by atoms with Crippen LogP contribution in [0.3, 0.4) is 0 Å². The molecule has 9 unspecified atom stereocenters. The maximum absolute atomic E-state index is 13.6. The molecule has 71 heavy (non-hydrogen) atoms. The smallest absolute Gasteiger partial charge is 0.303 e. The normalized spacial score (nSPS) is 26.2. The molecule has 4 fully saturated rings. The van der Waals surface area contributed by atoms with Gasteiger partial charge in [-0.15, -0.1) is 0 Å². The molecule has 0 bridgehead atoms. The second kappa shape index (κ2) is 22.9. The molecule has 4 aliphatic heterocycles. The third-order valence-corrected chi connectivity index (χ3v) is 13.7. The van der Waals surface area contributed by atoms with Crippen LogP contribution in [0.25, 0.3) is 0 Å². The molecule has 0 saturated carbocycles. The summed E-state index contributed by atoms with van der Waals surface area (Å²) in [6.45, 7) is 6.58. The van der Waals surface area contributed by atoms with Gasteiger partial charge in [0.05, 0.1) is 30.5 Å². The summed E-state index contributed by atoms with van der Waals surface area (Å²) in [5, 5.41) is 16.3. The Hall–Kier alpha value is -6.28. The van der Waals surface area contributed by atoms with Gasteiger partial charge in [-0.2, -0.15) is 0 Å². The maximum Gasteiger partial charge on any atom is 0.303 e. The van der Waals surface area contributed by atoms with E-state index in [1.165, 1.54) is 20.8 Å².